The lowest BCUT2D eigenvalue weighted by Crippen LogP contribution is -2.41. The van der Waals surface area contributed by atoms with Crippen LogP contribution in [0.4, 0.5) is 5.69 Å². The molecule has 0 saturated carbocycles. The summed E-state index contributed by atoms with van der Waals surface area (Å²) in [6, 6.07) is 18.0. The van der Waals surface area contributed by atoms with Gasteiger partial charge in [-0.1, -0.05) is 61.5 Å². The van der Waals surface area contributed by atoms with Crippen LogP contribution in [-0.4, -0.2) is 42.9 Å². The Morgan fingerprint density at radius 2 is 1.75 bits per heavy atom. The predicted molar refractivity (Wildman–Crippen MR) is 113 cm³/mol. The van der Waals surface area contributed by atoms with Crippen LogP contribution in [0.15, 0.2) is 60.7 Å². The minimum absolute atomic E-state index is 0.0180. The van der Waals surface area contributed by atoms with Gasteiger partial charge in [0.25, 0.3) is 0 Å². The molecule has 1 aliphatic rings. The van der Waals surface area contributed by atoms with Crippen molar-refractivity contribution in [3.63, 3.8) is 0 Å². The largest absolute Gasteiger partial charge is 0.346 e. The van der Waals surface area contributed by atoms with Crippen LogP contribution in [0.3, 0.4) is 0 Å². The third-order valence-corrected chi connectivity index (χ3v) is 4.92. The monoisotopic (exact) mass is 377 g/mol. The topological polar surface area (TPSA) is 61.4 Å². The lowest BCUT2D eigenvalue weighted by Gasteiger charge is -2.25. The minimum Gasteiger partial charge on any atom is -0.346 e. The molecule has 0 radical (unpaired) electrons. The minimum atomic E-state index is -0.209. The SMILES string of the molecule is CCc1ccccc1NC(=O)CNC(=O)CN1CC=C(c2ccccc2)CC1. The Hall–Kier alpha value is -2.92. The van der Waals surface area contributed by atoms with E-state index in [2.05, 4.69) is 33.7 Å². The Bertz CT molecular complexity index is 846. The highest BCUT2D eigenvalue weighted by Crippen LogP contribution is 2.21. The summed E-state index contributed by atoms with van der Waals surface area (Å²) in [5.74, 6) is -0.338. The molecule has 1 heterocycles. The molecule has 2 aromatic rings. The van der Waals surface area contributed by atoms with Gasteiger partial charge in [0.05, 0.1) is 13.1 Å². The van der Waals surface area contributed by atoms with Crippen molar-refractivity contribution in [3.8, 4) is 0 Å². The number of rotatable bonds is 7. The average molecular weight is 377 g/mol. The number of benzene rings is 2. The first-order valence-corrected chi connectivity index (χ1v) is 9.77. The quantitative estimate of drug-likeness (QED) is 0.779. The summed E-state index contributed by atoms with van der Waals surface area (Å²) in [6.07, 6.45) is 3.95. The van der Waals surface area contributed by atoms with E-state index in [1.165, 1.54) is 11.1 Å². The summed E-state index contributed by atoms with van der Waals surface area (Å²) in [7, 11) is 0. The molecule has 0 spiro atoms. The first kappa shape index (κ1) is 19.8. The molecule has 0 aliphatic carbocycles. The molecule has 5 nitrogen and oxygen atoms in total. The summed E-state index contributed by atoms with van der Waals surface area (Å²) < 4.78 is 0. The van der Waals surface area contributed by atoms with E-state index in [0.717, 1.165) is 37.2 Å². The zero-order valence-electron chi connectivity index (χ0n) is 16.3. The number of aryl methyl sites for hydroxylation is 1. The van der Waals surface area contributed by atoms with Crippen LogP contribution >= 0.6 is 0 Å². The van der Waals surface area contributed by atoms with E-state index in [1.807, 2.05) is 49.4 Å². The highest BCUT2D eigenvalue weighted by atomic mass is 16.2. The molecule has 0 saturated heterocycles. The molecule has 0 unspecified atom stereocenters. The maximum atomic E-state index is 12.2. The highest BCUT2D eigenvalue weighted by molar-refractivity contribution is 5.95. The number of anilines is 1. The van der Waals surface area contributed by atoms with E-state index in [9.17, 15) is 9.59 Å². The second-order valence-electron chi connectivity index (χ2n) is 6.92. The van der Waals surface area contributed by atoms with Gasteiger partial charge in [0.2, 0.25) is 11.8 Å². The number of carbonyl (C=O) groups excluding carboxylic acids is 2. The van der Waals surface area contributed by atoms with Crippen LogP contribution in [-0.2, 0) is 16.0 Å². The van der Waals surface area contributed by atoms with Gasteiger partial charge in [-0.15, -0.1) is 0 Å². The van der Waals surface area contributed by atoms with Crippen molar-refractivity contribution in [1.29, 1.82) is 0 Å². The van der Waals surface area contributed by atoms with Gasteiger partial charge in [0, 0.05) is 18.8 Å². The van der Waals surface area contributed by atoms with Crippen molar-refractivity contribution in [2.24, 2.45) is 0 Å². The maximum absolute atomic E-state index is 12.2. The molecule has 2 amide bonds. The predicted octanol–water partition coefficient (Wildman–Crippen LogP) is 3.09. The summed E-state index contributed by atoms with van der Waals surface area (Å²) in [5.41, 5.74) is 4.46. The number of amides is 2. The zero-order chi connectivity index (χ0) is 19.8. The van der Waals surface area contributed by atoms with Crippen molar-refractivity contribution in [1.82, 2.24) is 10.2 Å². The van der Waals surface area contributed by atoms with E-state index in [1.54, 1.807) is 0 Å². The Balaban J connectivity index is 1.42. The van der Waals surface area contributed by atoms with E-state index in [0.29, 0.717) is 6.54 Å². The second kappa shape index (κ2) is 9.85. The van der Waals surface area contributed by atoms with E-state index >= 15 is 0 Å². The molecule has 0 aromatic heterocycles. The third kappa shape index (κ3) is 5.54. The fourth-order valence-corrected chi connectivity index (χ4v) is 3.35. The van der Waals surface area contributed by atoms with Gasteiger partial charge in [-0.3, -0.25) is 14.5 Å². The highest BCUT2D eigenvalue weighted by Gasteiger charge is 2.16. The molecule has 28 heavy (non-hydrogen) atoms. The van der Waals surface area contributed by atoms with Gasteiger partial charge in [0.1, 0.15) is 0 Å². The second-order valence-corrected chi connectivity index (χ2v) is 6.92. The summed E-state index contributed by atoms with van der Waals surface area (Å²) in [5, 5.41) is 5.58. The zero-order valence-corrected chi connectivity index (χ0v) is 16.3. The number of carbonyl (C=O) groups is 2. The fraction of sp³-hybridized carbons (Fsp3) is 0.304. The fourth-order valence-electron chi connectivity index (χ4n) is 3.35. The van der Waals surface area contributed by atoms with Crippen LogP contribution < -0.4 is 10.6 Å². The molecule has 1 aliphatic heterocycles. The summed E-state index contributed by atoms with van der Waals surface area (Å²) >= 11 is 0. The lowest BCUT2D eigenvalue weighted by molar-refractivity contribution is -0.125. The van der Waals surface area contributed by atoms with Crippen molar-refractivity contribution in [3.05, 3.63) is 71.8 Å². The molecule has 5 heteroatoms. The van der Waals surface area contributed by atoms with Crippen LogP contribution in [0.2, 0.25) is 0 Å². The Labute approximate surface area is 166 Å². The van der Waals surface area contributed by atoms with E-state index < -0.39 is 0 Å². The molecule has 146 valence electrons. The molecule has 2 aromatic carbocycles. The van der Waals surface area contributed by atoms with E-state index in [-0.39, 0.29) is 18.4 Å². The molecular formula is C23H27N3O2. The van der Waals surface area contributed by atoms with Crippen LogP contribution in [0.25, 0.3) is 5.57 Å². The molecule has 0 atom stereocenters. The molecule has 3 rings (SSSR count). The third-order valence-electron chi connectivity index (χ3n) is 4.92. The van der Waals surface area contributed by atoms with E-state index in [4.69, 9.17) is 0 Å². The Kier molecular flexibility index (Phi) is 6.98. The first-order chi connectivity index (χ1) is 13.7. The number of nitrogens with one attached hydrogen (secondary N) is 2. The number of para-hydroxylation sites is 1. The van der Waals surface area contributed by atoms with Crippen molar-refractivity contribution in [2.45, 2.75) is 19.8 Å². The van der Waals surface area contributed by atoms with Crippen molar-refractivity contribution >= 4 is 23.1 Å². The van der Waals surface area contributed by atoms with Gasteiger partial charge >= 0.3 is 0 Å². The lowest BCUT2D eigenvalue weighted by atomic mass is 10.00. The molecule has 2 N–H and O–H groups in total. The van der Waals surface area contributed by atoms with Crippen LogP contribution in [0.5, 0.6) is 0 Å². The number of nitrogens with zero attached hydrogens (tertiary/aromatic N) is 1. The molecule has 0 bridgehead atoms. The maximum Gasteiger partial charge on any atom is 0.243 e. The van der Waals surface area contributed by atoms with Gasteiger partial charge in [-0.2, -0.15) is 0 Å². The average Bonchev–Trinajstić information content (AvgIpc) is 2.74. The van der Waals surface area contributed by atoms with Gasteiger partial charge < -0.3 is 10.6 Å². The normalized spacial score (nSPS) is 14.2. The van der Waals surface area contributed by atoms with Crippen molar-refractivity contribution in [2.75, 3.05) is 31.5 Å². The van der Waals surface area contributed by atoms with Crippen molar-refractivity contribution < 1.29 is 9.59 Å². The standard InChI is InChI=1S/C23H27N3O2/c1-2-18-8-6-7-11-21(18)25-22(27)16-24-23(28)17-26-14-12-20(13-15-26)19-9-4-3-5-10-19/h3-12H,2,13-17H2,1H3,(H,24,28)(H,25,27). The summed E-state index contributed by atoms with van der Waals surface area (Å²) in [4.78, 5) is 26.4. The van der Waals surface area contributed by atoms with Crippen LogP contribution in [0.1, 0.15) is 24.5 Å². The molecular weight excluding hydrogens is 350 g/mol. The first-order valence-electron chi connectivity index (χ1n) is 9.77. The Morgan fingerprint density at radius 1 is 1.00 bits per heavy atom. The van der Waals surface area contributed by atoms with Crippen LogP contribution in [0, 0.1) is 0 Å². The number of hydrogen-bond donors (Lipinski definition) is 2. The number of hydrogen-bond acceptors (Lipinski definition) is 3. The van der Waals surface area contributed by atoms with Gasteiger partial charge in [-0.25, -0.2) is 0 Å². The smallest absolute Gasteiger partial charge is 0.243 e. The Morgan fingerprint density at radius 3 is 2.46 bits per heavy atom. The van der Waals surface area contributed by atoms with Gasteiger partial charge in [-0.05, 0) is 35.6 Å². The molecule has 0 fully saturated rings. The summed E-state index contributed by atoms with van der Waals surface area (Å²) in [6.45, 7) is 3.91. The van der Waals surface area contributed by atoms with Gasteiger partial charge in [0.15, 0.2) is 0 Å².